The van der Waals surface area contributed by atoms with Gasteiger partial charge in [0.15, 0.2) is 0 Å². The summed E-state index contributed by atoms with van der Waals surface area (Å²) >= 11 is 0. The van der Waals surface area contributed by atoms with Crippen molar-refractivity contribution in [1.82, 2.24) is 4.98 Å². The lowest BCUT2D eigenvalue weighted by Gasteiger charge is -2.21. The van der Waals surface area contributed by atoms with Gasteiger partial charge in [-0.3, -0.25) is 19.3 Å². The molecule has 1 amide bonds. The Morgan fingerprint density at radius 3 is 2.42 bits per heavy atom. The summed E-state index contributed by atoms with van der Waals surface area (Å²) in [4.78, 5) is 39.6. The number of rotatable bonds is 6. The molecule has 2 N–H and O–H groups in total. The van der Waals surface area contributed by atoms with Gasteiger partial charge in [0.2, 0.25) is 5.56 Å². The molecule has 0 saturated heterocycles. The van der Waals surface area contributed by atoms with Gasteiger partial charge in [-0.15, -0.1) is 0 Å². The molecule has 1 heterocycles. The molecule has 6 heteroatoms. The zero-order chi connectivity index (χ0) is 17.7. The number of nitrogens with one attached hydrogen (secondary N) is 1. The van der Waals surface area contributed by atoms with Crippen molar-refractivity contribution in [2.45, 2.75) is 20.3 Å². The smallest absolute Gasteiger partial charge is 0.323 e. The van der Waals surface area contributed by atoms with E-state index >= 15 is 0 Å². The van der Waals surface area contributed by atoms with E-state index in [0.29, 0.717) is 23.7 Å². The molecule has 2 aromatic rings. The number of aromatic amines is 1. The van der Waals surface area contributed by atoms with Crippen LogP contribution in [-0.4, -0.2) is 28.5 Å². The maximum atomic E-state index is 12.8. The Balaban J connectivity index is 2.41. The Kier molecular flexibility index (Phi) is 5.52. The maximum Gasteiger partial charge on any atom is 0.323 e. The van der Waals surface area contributed by atoms with E-state index in [-0.39, 0.29) is 11.1 Å². The monoisotopic (exact) mass is 328 g/mol. The van der Waals surface area contributed by atoms with E-state index in [4.69, 9.17) is 5.11 Å². The first kappa shape index (κ1) is 17.5. The molecular formula is C18H20N2O4. The topological polar surface area (TPSA) is 90.5 Å². The molecule has 0 aliphatic carbocycles. The van der Waals surface area contributed by atoms with Crippen LogP contribution in [0.25, 0.3) is 0 Å². The number of pyridine rings is 1. The largest absolute Gasteiger partial charge is 0.480 e. The Labute approximate surface area is 139 Å². The van der Waals surface area contributed by atoms with Gasteiger partial charge in [0.1, 0.15) is 6.54 Å². The van der Waals surface area contributed by atoms with E-state index in [2.05, 4.69) is 4.98 Å². The zero-order valence-electron chi connectivity index (χ0n) is 13.7. The summed E-state index contributed by atoms with van der Waals surface area (Å²) in [6.07, 6.45) is 0.626. The minimum Gasteiger partial charge on any atom is -0.480 e. The van der Waals surface area contributed by atoms with E-state index < -0.39 is 18.4 Å². The highest BCUT2D eigenvalue weighted by atomic mass is 16.4. The fraction of sp³-hybridized carbons (Fsp3) is 0.278. The normalized spacial score (nSPS) is 10.6. The second kappa shape index (κ2) is 7.59. The number of carbonyl (C=O) groups excluding carboxylic acids is 1. The Bertz CT molecular complexity index is 781. The van der Waals surface area contributed by atoms with E-state index in [1.807, 2.05) is 13.8 Å². The van der Waals surface area contributed by atoms with Crippen molar-refractivity contribution in [2.24, 2.45) is 5.92 Å². The molecule has 0 bridgehead atoms. The van der Waals surface area contributed by atoms with Crippen LogP contribution in [0.1, 0.15) is 29.9 Å². The molecule has 2 rings (SSSR count). The van der Waals surface area contributed by atoms with Crippen molar-refractivity contribution >= 4 is 17.6 Å². The summed E-state index contributed by atoms with van der Waals surface area (Å²) < 4.78 is 0. The lowest BCUT2D eigenvalue weighted by molar-refractivity contribution is -0.135. The lowest BCUT2D eigenvalue weighted by Crippen LogP contribution is -2.36. The number of para-hydroxylation sites is 1. The van der Waals surface area contributed by atoms with Crippen LogP contribution in [0.5, 0.6) is 0 Å². The van der Waals surface area contributed by atoms with Crippen LogP contribution >= 0.6 is 0 Å². The molecule has 1 aromatic carbocycles. The zero-order valence-corrected chi connectivity index (χ0v) is 13.7. The third kappa shape index (κ3) is 4.55. The molecule has 0 spiro atoms. The van der Waals surface area contributed by atoms with Crippen molar-refractivity contribution in [3.63, 3.8) is 0 Å². The fourth-order valence-electron chi connectivity index (χ4n) is 2.45. The van der Waals surface area contributed by atoms with Gasteiger partial charge in [0.25, 0.3) is 5.91 Å². The number of aromatic nitrogens is 1. The molecule has 126 valence electrons. The van der Waals surface area contributed by atoms with Crippen LogP contribution in [0.15, 0.2) is 47.3 Å². The first-order valence-electron chi connectivity index (χ1n) is 7.68. The highest BCUT2D eigenvalue weighted by Gasteiger charge is 2.21. The van der Waals surface area contributed by atoms with Crippen LogP contribution in [0, 0.1) is 5.92 Å². The van der Waals surface area contributed by atoms with E-state index in [1.165, 1.54) is 6.07 Å². The number of nitrogens with zero attached hydrogens (tertiary/aromatic N) is 1. The summed E-state index contributed by atoms with van der Waals surface area (Å²) in [5.41, 5.74) is 0.930. The van der Waals surface area contributed by atoms with Crippen LogP contribution in [0.3, 0.4) is 0 Å². The van der Waals surface area contributed by atoms with E-state index in [9.17, 15) is 14.4 Å². The van der Waals surface area contributed by atoms with Crippen LogP contribution < -0.4 is 10.5 Å². The Morgan fingerprint density at radius 2 is 1.83 bits per heavy atom. The SMILES string of the molecule is CC(C)Cc1cc(C(=O)N(CC(=O)O)c2ccccc2)cc(=O)[nH]1. The van der Waals surface area contributed by atoms with Crippen LogP contribution in [0.4, 0.5) is 5.69 Å². The van der Waals surface area contributed by atoms with Gasteiger partial charge >= 0.3 is 5.97 Å². The number of carboxylic acid groups (broad SMARTS) is 1. The summed E-state index contributed by atoms with van der Waals surface area (Å²) in [6.45, 7) is 3.54. The predicted octanol–water partition coefficient (Wildman–Crippen LogP) is 2.30. The third-order valence-electron chi connectivity index (χ3n) is 3.38. The molecule has 24 heavy (non-hydrogen) atoms. The van der Waals surface area contributed by atoms with Crippen molar-refractivity contribution in [2.75, 3.05) is 11.4 Å². The fourth-order valence-corrected chi connectivity index (χ4v) is 2.45. The molecule has 1 aromatic heterocycles. The van der Waals surface area contributed by atoms with Gasteiger partial charge in [-0.25, -0.2) is 0 Å². The van der Waals surface area contributed by atoms with Crippen LogP contribution in [-0.2, 0) is 11.2 Å². The minimum atomic E-state index is -1.13. The van der Waals surface area contributed by atoms with Gasteiger partial charge in [0, 0.05) is 23.0 Å². The number of benzene rings is 1. The van der Waals surface area contributed by atoms with E-state index in [0.717, 1.165) is 4.90 Å². The summed E-state index contributed by atoms with van der Waals surface area (Å²) in [6, 6.07) is 11.3. The average molecular weight is 328 g/mol. The highest BCUT2D eigenvalue weighted by molar-refractivity contribution is 6.08. The molecule has 0 saturated carbocycles. The van der Waals surface area contributed by atoms with Gasteiger partial charge < -0.3 is 10.1 Å². The van der Waals surface area contributed by atoms with Crippen molar-refractivity contribution < 1.29 is 14.7 Å². The number of amides is 1. The second-order valence-electron chi connectivity index (χ2n) is 5.98. The summed E-state index contributed by atoms with van der Waals surface area (Å²) in [5.74, 6) is -1.32. The number of hydrogen-bond donors (Lipinski definition) is 2. The number of hydrogen-bond acceptors (Lipinski definition) is 3. The standard InChI is InChI=1S/C18H20N2O4/c1-12(2)8-14-9-13(10-16(21)19-14)18(24)20(11-17(22)23)15-6-4-3-5-7-15/h3-7,9-10,12H,8,11H2,1-2H3,(H,19,21)(H,22,23). The first-order valence-corrected chi connectivity index (χ1v) is 7.68. The Morgan fingerprint density at radius 1 is 1.17 bits per heavy atom. The predicted molar refractivity (Wildman–Crippen MR) is 91.4 cm³/mol. The molecule has 0 radical (unpaired) electrons. The maximum absolute atomic E-state index is 12.8. The van der Waals surface area contributed by atoms with Crippen molar-refractivity contribution in [3.8, 4) is 0 Å². The molecule has 6 nitrogen and oxygen atoms in total. The number of aliphatic carboxylic acids is 1. The van der Waals surface area contributed by atoms with Gasteiger partial charge in [-0.2, -0.15) is 0 Å². The number of anilines is 1. The van der Waals surface area contributed by atoms with Crippen molar-refractivity contribution in [1.29, 1.82) is 0 Å². The van der Waals surface area contributed by atoms with Gasteiger partial charge in [-0.05, 0) is 30.5 Å². The van der Waals surface area contributed by atoms with Gasteiger partial charge in [-0.1, -0.05) is 32.0 Å². The van der Waals surface area contributed by atoms with E-state index in [1.54, 1.807) is 36.4 Å². The minimum absolute atomic E-state index is 0.180. The molecule has 0 unspecified atom stereocenters. The average Bonchev–Trinajstić information content (AvgIpc) is 2.51. The molecule has 0 fully saturated rings. The summed E-state index contributed by atoms with van der Waals surface area (Å²) in [5, 5.41) is 9.11. The molecule has 0 atom stereocenters. The van der Waals surface area contributed by atoms with Crippen molar-refractivity contribution in [3.05, 3.63) is 64.1 Å². The Hall–Kier alpha value is -2.89. The number of carboxylic acids is 1. The third-order valence-corrected chi connectivity index (χ3v) is 3.38. The molecular weight excluding hydrogens is 308 g/mol. The highest BCUT2D eigenvalue weighted by Crippen LogP contribution is 2.17. The second-order valence-corrected chi connectivity index (χ2v) is 5.98. The quantitative estimate of drug-likeness (QED) is 0.851. The summed E-state index contributed by atoms with van der Waals surface area (Å²) in [7, 11) is 0. The first-order chi connectivity index (χ1) is 11.4. The van der Waals surface area contributed by atoms with Gasteiger partial charge in [0.05, 0.1) is 0 Å². The lowest BCUT2D eigenvalue weighted by atomic mass is 10.1. The number of H-pyrrole nitrogens is 1. The molecule has 0 aliphatic heterocycles. The van der Waals surface area contributed by atoms with Crippen LogP contribution in [0.2, 0.25) is 0 Å². The number of carbonyl (C=O) groups is 2. The molecule has 0 aliphatic rings.